The molecule has 1 aromatic rings. The van der Waals surface area contributed by atoms with E-state index < -0.39 is 0 Å². The molecule has 17 heavy (non-hydrogen) atoms. The van der Waals surface area contributed by atoms with Crippen LogP contribution in [0.4, 0.5) is 0 Å². The predicted octanol–water partition coefficient (Wildman–Crippen LogP) is 3.26. The molecule has 3 nitrogen and oxygen atoms in total. The lowest BCUT2D eigenvalue weighted by atomic mass is 10.2. The maximum absolute atomic E-state index is 11.8. The minimum absolute atomic E-state index is 0.176. The number of nitrogens with zero attached hydrogens (tertiary/aromatic N) is 1. The number of hydrogen-bond acceptors (Lipinski definition) is 3. The molecule has 1 N–H and O–H groups in total. The van der Waals surface area contributed by atoms with E-state index in [-0.39, 0.29) is 16.2 Å². The van der Waals surface area contributed by atoms with Gasteiger partial charge in [0.25, 0.3) is 5.91 Å². The van der Waals surface area contributed by atoms with Gasteiger partial charge in [-0.25, -0.2) is 4.98 Å². The second kappa shape index (κ2) is 7.09. The van der Waals surface area contributed by atoms with Gasteiger partial charge >= 0.3 is 0 Å². The Morgan fingerprint density at radius 1 is 1.47 bits per heavy atom. The summed E-state index contributed by atoms with van der Waals surface area (Å²) in [4.78, 5) is 15.5. The van der Waals surface area contributed by atoms with E-state index >= 15 is 0 Å². The van der Waals surface area contributed by atoms with Gasteiger partial charge in [0, 0.05) is 17.4 Å². The molecule has 1 rings (SSSR count). The van der Waals surface area contributed by atoms with E-state index in [1.54, 1.807) is 11.8 Å². The van der Waals surface area contributed by atoms with Gasteiger partial charge in [0.05, 0.1) is 0 Å². The fraction of sp³-hybridized carbons (Fsp3) is 0.455. The van der Waals surface area contributed by atoms with Gasteiger partial charge in [-0.05, 0) is 24.8 Å². The van der Waals surface area contributed by atoms with Crippen LogP contribution < -0.4 is 5.32 Å². The summed E-state index contributed by atoms with van der Waals surface area (Å²) in [6, 6.07) is 3.00. The quantitative estimate of drug-likeness (QED) is 0.847. The lowest BCUT2D eigenvalue weighted by Gasteiger charge is -2.09. The summed E-state index contributed by atoms with van der Waals surface area (Å²) < 4.78 is 0. The smallest absolute Gasteiger partial charge is 0.251 e. The van der Waals surface area contributed by atoms with Crippen LogP contribution in [0.25, 0.3) is 0 Å². The SMILES string of the molecule is CSC(C)CCNC(=O)c1cc(Cl)nc(Cl)c1. The molecule has 0 fully saturated rings. The van der Waals surface area contributed by atoms with Crippen molar-refractivity contribution in [2.75, 3.05) is 12.8 Å². The molecule has 0 bridgehead atoms. The first kappa shape index (κ1) is 14.6. The minimum atomic E-state index is -0.176. The van der Waals surface area contributed by atoms with Gasteiger partial charge < -0.3 is 5.32 Å². The summed E-state index contributed by atoms with van der Waals surface area (Å²) in [7, 11) is 0. The monoisotopic (exact) mass is 292 g/mol. The number of aromatic nitrogens is 1. The Balaban J connectivity index is 2.52. The third-order valence-electron chi connectivity index (χ3n) is 2.26. The molecule has 0 radical (unpaired) electrons. The van der Waals surface area contributed by atoms with Gasteiger partial charge in [-0.15, -0.1) is 0 Å². The van der Waals surface area contributed by atoms with Crippen molar-refractivity contribution in [3.05, 3.63) is 28.0 Å². The molecule has 1 atom stereocenters. The molecule has 6 heteroatoms. The molecule has 1 amide bonds. The lowest BCUT2D eigenvalue weighted by Crippen LogP contribution is -2.26. The largest absolute Gasteiger partial charge is 0.352 e. The van der Waals surface area contributed by atoms with Crippen molar-refractivity contribution < 1.29 is 4.79 Å². The van der Waals surface area contributed by atoms with E-state index in [0.29, 0.717) is 17.4 Å². The van der Waals surface area contributed by atoms with Crippen molar-refractivity contribution in [3.8, 4) is 0 Å². The van der Waals surface area contributed by atoms with Crippen LogP contribution in [-0.4, -0.2) is 28.9 Å². The highest BCUT2D eigenvalue weighted by Crippen LogP contribution is 2.14. The number of carbonyl (C=O) groups excluding carboxylic acids is 1. The molecule has 0 saturated heterocycles. The van der Waals surface area contributed by atoms with Crippen LogP contribution in [0, 0.1) is 0 Å². The average molecular weight is 293 g/mol. The Labute approximate surface area is 115 Å². The molecule has 0 aromatic carbocycles. The van der Waals surface area contributed by atoms with Crippen LogP contribution in [0.1, 0.15) is 23.7 Å². The topological polar surface area (TPSA) is 42.0 Å². The van der Waals surface area contributed by atoms with Crippen LogP contribution in [0.3, 0.4) is 0 Å². The number of nitrogens with one attached hydrogen (secondary N) is 1. The van der Waals surface area contributed by atoms with Crippen LogP contribution in [-0.2, 0) is 0 Å². The summed E-state index contributed by atoms with van der Waals surface area (Å²) in [6.07, 6.45) is 2.98. The standard InChI is InChI=1S/C11H14Cl2N2OS/c1-7(17-2)3-4-14-11(16)8-5-9(12)15-10(13)6-8/h5-7H,3-4H2,1-2H3,(H,14,16). The molecule has 1 aromatic heterocycles. The van der Waals surface area contributed by atoms with Crippen LogP contribution in [0.2, 0.25) is 10.3 Å². The third-order valence-corrected chi connectivity index (χ3v) is 3.69. The molecule has 1 unspecified atom stereocenters. The van der Waals surface area contributed by atoms with Crippen molar-refractivity contribution in [1.82, 2.24) is 10.3 Å². The van der Waals surface area contributed by atoms with E-state index in [9.17, 15) is 4.79 Å². The minimum Gasteiger partial charge on any atom is -0.352 e. The number of halogens is 2. The molecule has 0 spiro atoms. The maximum Gasteiger partial charge on any atom is 0.251 e. The van der Waals surface area contributed by atoms with Gasteiger partial charge in [-0.2, -0.15) is 11.8 Å². The Hall–Kier alpha value is -0.450. The summed E-state index contributed by atoms with van der Waals surface area (Å²) in [5.74, 6) is -0.176. The van der Waals surface area contributed by atoms with Gasteiger partial charge in [0.2, 0.25) is 0 Å². The van der Waals surface area contributed by atoms with E-state index in [2.05, 4.69) is 23.5 Å². The van der Waals surface area contributed by atoms with Gasteiger partial charge in [0.15, 0.2) is 0 Å². The highest BCUT2D eigenvalue weighted by Gasteiger charge is 2.08. The van der Waals surface area contributed by atoms with Crippen molar-refractivity contribution in [2.45, 2.75) is 18.6 Å². The van der Waals surface area contributed by atoms with E-state index in [1.165, 1.54) is 12.1 Å². The summed E-state index contributed by atoms with van der Waals surface area (Å²) in [6.45, 7) is 2.76. The fourth-order valence-electron chi connectivity index (χ4n) is 1.20. The van der Waals surface area contributed by atoms with E-state index in [0.717, 1.165) is 6.42 Å². The molecular formula is C11H14Cl2N2OS. The molecule has 0 aliphatic heterocycles. The average Bonchev–Trinajstić information content (AvgIpc) is 2.27. The predicted molar refractivity (Wildman–Crippen MR) is 74.2 cm³/mol. The van der Waals surface area contributed by atoms with Gasteiger partial charge in [-0.1, -0.05) is 30.1 Å². The van der Waals surface area contributed by atoms with Crippen molar-refractivity contribution >= 4 is 40.9 Å². The second-order valence-corrected chi connectivity index (χ2v) is 5.64. The van der Waals surface area contributed by atoms with E-state index in [4.69, 9.17) is 23.2 Å². The highest BCUT2D eigenvalue weighted by molar-refractivity contribution is 7.99. The summed E-state index contributed by atoms with van der Waals surface area (Å²) >= 11 is 13.2. The number of thioether (sulfide) groups is 1. The first-order valence-electron chi connectivity index (χ1n) is 5.17. The molecule has 0 aliphatic rings. The van der Waals surface area contributed by atoms with Crippen LogP contribution in [0.5, 0.6) is 0 Å². The van der Waals surface area contributed by atoms with E-state index in [1.807, 2.05) is 0 Å². The van der Waals surface area contributed by atoms with Crippen molar-refractivity contribution in [1.29, 1.82) is 0 Å². The number of hydrogen-bond donors (Lipinski definition) is 1. The first-order valence-corrected chi connectivity index (χ1v) is 7.21. The van der Waals surface area contributed by atoms with Crippen molar-refractivity contribution in [3.63, 3.8) is 0 Å². The zero-order valence-corrected chi connectivity index (χ0v) is 12.0. The Kier molecular flexibility index (Phi) is 6.09. The normalized spacial score (nSPS) is 12.2. The third kappa shape index (κ3) is 5.15. The molecule has 1 heterocycles. The number of rotatable bonds is 5. The van der Waals surface area contributed by atoms with Gasteiger partial charge in [-0.3, -0.25) is 4.79 Å². The maximum atomic E-state index is 11.8. The fourth-order valence-corrected chi connectivity index (χ4v) is 2.02. The molecule has 94 valence electrons. The molecule has 0 saturated carbocycles. The number of pyridine rings is 1. The Morgan fingerprint density at radius 3 is 2.59 bits per heavy atom. The van der Waals surface area contributed by atoms with Gasteiger partial charge in [0.1, 0.15) is 10.3 Å². The van der Waals surface area contributed by atoms with Crippen molar-refractivity contribution in [2.24, 2.45) is 0 Å². The first-order chi connectivity index (χ1) is 8.02. The van der Waals surface area contributed by atoms with Crippen LogP contribution >= 0.6 is 35.0 Å². The van der Waals surface area contributed by atoms with Crippen LogP contribution in [0.15, 0.2) is 12.1 Å². The molecule has 0 aliphatic carbocycles. The zero-order valence-electron chi connectivity index (χ0n) is 9.67. The number of carbonyl (C=O) groups is 1. The highest BCUT2D eigenvalue weighted by atomic mass is 35.5. The lowest BCUT2D eigenvalue weighted by molar-refractivity contribution is 0.0953. The molecular weight excluding hydrogens is 279 g/mol. The Morgan fingerprint density at radius 2 is 2.06 bits per heavy atom. The zero-order chi connectivity index (χ0) is 12.8. The number of amides is 1. The summed E-state index contributed by atoms with van der Waals surface area (Å²) in [5.41, 5.74) is 0.437. The Bertz CT molecular complexity index is 381. The summed E-state index contributed by atoms with van der Waals surface area (Å²) in [5, 5.41) is 3.79. The second-order valence-electron chi connectivity index (χ2n) is 3.59.